The molecule has 0 spiro atoms. The smallest absolute Gasteiger partial charge is 0.269 e. The molecular weight excluding hydrogens is 334 g/mol. The number of halogens is 1. The zero-order valence-electron chi connectivity index (χ0n) is 12.2. The largest absolute Gasteiger partial charge is 0.298 e. The average Bonchev–Trinajstić information content (AvgIpc) is 2.53. The Balaban J connectivity index is 1.88. The molecule has 2 amide bonds. The Bertz CT molecular complexity index is 747. The summed E-state index contributed by atoms with van der Waals surface area (Å²) in [4.78, 5) is 23.9. The molecule has 0 aliphatic carbocycles. The van der Waals surface area contributed by atoms with E-state index in [2.05, 4.69) is 16.2 Å². The molecule has 0 heterocycles. The van der Waals surface area contributed by atoms with Crippen LogP contribution in [-0.4, -0.2) is 16.9 Å². The van der Waals surface area contributed by atoms with Gasteiger partial charge in [-0.2, -0.15) is 0 Å². The lowest BCUT2D eigenvalue weighted by molar-refractivity contribution is 0.0934. The minimum atomic E-state index is -0.460. The van der Waals surface area contributed by atoms with Gasteiger partial charge in [0.1, 0.15) is 0 Å². The average molecular weight is 348 g/mol. The van der Waals surface area contributed by atoms with E-state index in [1.54, 1.807) is 36.4 Å². The first-order valence-corrected chi connectivity index (χ1v) is 7.49. The van der Waals surface area contributed by atoms with Gasteiger partial charge < -0.3 is 0 Å². The van der Waals surface area contributed by atoms with Crippen LogP contribution in [0, 0.1) is 6.92 Å². The molecule has 7 heteroatoms. The summed E-state index contributed by atoms with van der Waals surface area (Å²) in [5, 5.41) is 2.72. The Labute approximate surface area is 144 Å². The fraction of sp³-hybridized carbons (Fsp3) is 0.0625. The van der Waals surface area contributed by atoms with Gasteiger partial charge in [0, 0.05) is 5.56 Å². The highest BCUT2D eigenvalue weighted by Crippen LogP contribution is 2.14. The summed E-state index contributed by atoms with van der Waals surface area (Å²) in [5.74, 6) is -0.822. The zero-order valence-corrected chi connectivity index (χ0v) is 13.8. The fourth-order valence-electron chi connectivity index (χ4n) is 1.74. The van der Waals surface area contributed by atoms with Gasteiger partial charge in [-0.15, -0.1) is 0 Å². The number of thiocarbonyl (C=S) groups is 1. The SMILES string of the molecule is Cc1ccc(C(=O)NNC(=S)NC(=O)c2ccccc2Cl)cc1. The molecule has 3 N–H and O–H groups in total. The van der Waals surface area contributed by atoms with Crippen molar-refractivity contribution < 1.29 is 9.59 Å². The maximum absolute atomic E-state index is 12.0. The zero-order chi connectivity index (χ0) is 16.8. The first-order chi connectivity index (χ1) is 11.0. The number of rotatable bonds is 2. The normalized spacial score (nSPS) is 9.83. The van der Waals surface area contributed by atoms with E-state index in [0.29, 0.717) is 16.1 Å². The summed E-state index contributed by atoms with van der Waals surface area (Å²) < 4.78 is 0. The Morgan fingerprint density at radius 2 is 1.61 bits per heavy atom. The quantitative estimate of drug-likeness (QED) is 0.577. The highest BCUT2D eigenvalue weighted by Gasteiger charge is 2.11. The second-order valence-corrected chi connectivity index (χ2v) is 5.52. The minimum absolute atomic E-state index is 0.0321. The second kappa shape index (κ2) is 7.71. The van der Waals surface area contributed by atoms with Gasteiger partial charge in [0.15, 0.2) is 5.11 Å². The van der Waals surface area contributed by atoms with Crippen LogP contribution in [0.3, 0.4) is 0 Å². The number of carbonyl (C=O) groups excluding carboxylic acids is 2. The number of amides is 2. The van der Waals surface area contributed by atoms with Crippen LogP contribution < -0.4 is 16.2 Å². The van der Waals surface area contributed by atoms with Crippen LogP contribution in [0.2, 0.25) is 5.02 Å². The van der Waals surface area contributed by atoms with Gasteiger partial charge in [-0.05, 0) is 43.4 Å². The molecule has 118 valence electrons. The third kappa shape index (κ3) is 4.77. The fourth-order valence-corrected chi connectivity index (χ4v) is 2.10. The van der Waals surface area contributed by atoms with E-state index in [9.17, 15) is 9.59 Å². The molecule has 2 rings (SSSR count). The maximum Gasteiger partial charge on any atom is 0.269 e. The van der Waals surface area contributed by atoms with Crippen molar-refractivity contribution in [2.75, 3.05) is 0 Å². The van der Waals surface area contributed by atoms with Crippen LogP contribution in [0.15, 0.2) is 48.5 Å². The third-order valence-electron chi connectivity index (χ3n) is 2.95. The highest BCUT2D eigenvalue weighted by molar-refractivity contribution is 7.80. The van der Waals surface area contributed by atoms with Crippen LogP contribution in [0.25, 0.3) is 0 Å². The molecule has 2 aromatic carbocycles. The molecule has 5 nitrogen and oxygen atoms in total. The van der Waals surface area contributed by atoms with Gasteiger partial charge >= 0.3 is 0 Å². The summed E-state index contributed by atoms with van der Waals surface area (Å²) in [6.45, 7) is 1.93. The van der Waals surface area contributed by atoms with Crippen molar-refractivity contribution in [1.82, 2.24) is 16.2 Å². The van der Waals surface area contributed by atoms with E-state index in [4.69, 9.17) is 23.8 Å². The lowest BCUT2D eigenvalue weighted by Gasteiger charge is -2.11. The van der Waals surface area contributed by atoms with Crippen LogP contribution in [0.5, 0.6) is 0 Å². The Kier molecular flexibility index (Phi) is 5.67. The highest BCUT2D eigenvalue weighted by atomic mass is 35.5. The molecule has 0 fully saturated rings. The number of benzene rings is 2. The second-order valence-electron chi connectivity index (χ2n) is 4.71. The molecule has 0 bridgehead atoms. The van der Waals surface area contributed by atoms with Crippen molar-refractivity contribution in [2.45, 2.75) is 6.92 Å². The van der Waals surface area contributed by atoms with Crippen molar-refractivity contribution in [2.24, 2.45) is 0 Å². The Hall–Kier alpha value is -2.44. The number of hydrogen-bond donors (Lipinski definition) is 3. The molecule has 0 unspecified atom stereocenters. The summed E-state index contributed by atoms with van der Waals surface area (Å²) in [6, 6.07) is 13.6. The monoisotopic (exact) mass is 347 g/mol. The van der Waals surface area contributed by atoms with Crippen LogP contribution in [0.1, 0.15) is 26.3 Å². The van der Waals surface area contributed by atoms with Crippen LogP contribution in [-0.2, 0) is 0 Å². The van der Waals surface area contributed by atoms with E-state index >= 15 is 0 Å². The number of carbonyl (C=O) groups is 2. The van der Waals surface area contributed by atoms with Crippen molar-refractivity contribution in [1.29, 1.82) is 0 Å². The number of nitrogens with one attached hydrogen (secondary N) is 3. The van der Waals surface area contributed by atoms with E-state index in [1.807, 2.05) is 19.1 Å². The summed E-state index contributed by atoms with van der Waals surface area (Å²) in [5.41, 5.74) is 6.71. The van der Waals surface area contributed by atoms with Gasteiger partial charge in [-0.3, -0.25) is 25.8 Å². The predicted molar refractivity (Wildman–Crippen MR) is 93.3 cm³/mol. The summed E-state index contributed by atoms with van der Waals surface area (Å²) in [6.07, 6.45) is 0. The summed E-state index contributed by atoms with van der Waals surface area (Å²) >= 11 is 10.9. The Morgan fingerprint density at radius 1 is 0.957 bits per heavy atom. The van der Waals surface area contributed by atoms with Crippen molar-refractivity contribution in [3.63, 3.8) is 0 Å². The molecule has 0 aromatic heterocycles. The molecule has 0 radical (unpaired) electrons. The molecule has 0 saturated carbocycles. The Morgan fingerprint density at radius 3 is 2.26 bits per heavy atom. The van der Waals surface area contributed by atoms with E-state index in [0.717, 1.165) is 5.56 Å². The molecular formula is C16H14ClN3O2S. The summed E-state index contributed by atoms with van der Waals surface area (Å²) in [7, 11) is 0. The molecule has 0 saturated heterocycles. The molecule has 23 heavy (non-hydrogen) atoms. The van der Waals surface area contributed by atoms with Gasteiger partial charge in [0.2, 0.25) is 0 Å². The molecule has 0 atom stereocenters. The maximum atomic E-state index is 12.0. The lowest BCUT2D eigenvalue weighted by Crippen LogP contribution is -2.48. The number of aryl methyl sites for hydroxylation is 1. The lowest BCUT2D eigenvalue weighted by atomic mass is 10.1. The first kappa shape index (κ1) is 16.9. The van der Waals surface area contributed by atoms with Gasteiger partial charge in [-0.1, -0.05) is 41.4 Å². The molecule has 2 aromatic rings. The van der Waals surface area contributed by atoms with E-state index in [-0.39, 0.29) is 11.0 Å². The van der Waals surface area contributed by atoms with Crippen molar-refractivity contribution >= 4 is 40.7 Å². The van der Waals surface area contributed by atoms with E-state index in [1.165, 1.54) is 0 Å². The third-order valence-corrected chi connectivity index (χ3v) is 3.48. The minimum Gasteiger partial charge on any atom is -0.298 e. The topological polar surface area (TPSA) is 70.2 Å². The van der Waals surface area contributed by atoms with Crippen LogP contribution in [0.4, 0.5) is 0 Å². The van der Waals surface area contributed by atoms with E-state index < -0.39 is 5.91 Å². The standard InChI is InChI=1S/C16H14ClN3O2S/c1-10-6-8-11(9-7-10)14(21)19-20-16(23)18-15(22)12-4-2-3-5-13(12)17/h2-9H,1H3,(H,19,21)(H2,18,20,22,23). The number of hydrazine groups is 1. The molecule has 0 aliphatic rings. The predicted octanol–water partition coefficient (Wildman–Crippen LogP) is 2.60. The van der Waals surface area contributed by atoms with Gasteiger partial charge in [0.05, 0.1) is 10.6 Å². The molecule has 0 aliphatic heterocycles. The number of hydrogen-bond acceptors (Lipinski definition) is 3. The van der Waals surface area contributed by atoms with Gasteiger partial charge in [-0.25, -0.2) is 0 Å². The van der Waals surface area contributed by atoms with Crippen LogP contribution >= 0.6 is 23.8 Å². The van der Waals surface area contributed by atoms with Crippen molar-refractivity contribution in [3.05, 3.63) is 70.2 Å². The van der Waals surface area contributed by atoms with Gasteiger partial charge in [0.25, 0.3) is 11.8 Å². The van der Waals surface area contributed by atoms with Crippen molar-refractivity contribution in [3.8, 4) is 0 Å². The first-order valence-electron chi connectivity index (χ1n) is 6.70.